The number of furan rings is 2. The summed E-state index contributed by atoms with van der Waals surface area (Å²) in [6, 6.07) is 21.0. The molecule has 2 aliphatic carbocycles. The molecule has 0 spiro atoms. The molecule has 18 nitrogen and oxygen atoms in total. The number of amides is 4. The molecule has 0 saturated heterocycles. The predicted octanol–water partition coefficient (Wildman–Crippen LogP) is 10.6. The Hall–Kier alpha value is -6.28. The van der Waals surface area contributed by atoms with Crippen LogP contribution in [0.1, 0.15) is 93.2 Å². The molecule has 0 aliphatic heterocycles. The van der Waals surface area contributed by atoms with E-state index in [2.05, 4.69) is 31.2 Å². The van der Waals surface area contributed by atoms with Gasteiger partial charge in [-0.1, -0.05) is 47.5 Å². The number of hydrogen-bond donors (Lipinski definition) is 5. The van der Waals surface area contributed by atoms with Gasteiger partial charge in [0.25, 0.3) is 11.8 Å². The number of aromatic nitrogens is 2. The van der Waals surface area contributed by atoms with Crippen LogP contribution in [0.4, 0.5) is 23.0 Å². The zero-order chi connectivity index (χ0) is 51.7. The lowest BCUT2D eigenvalue weighted by molar-refractivity contribution is -0.156. The Morgan fingerprint density at radius 3 is 1.36 bits per heavy atom. The fourth-order valence-electron chi connectivity index (χ4n) is 8.96. The van der Waals surface area contributed by atoms with Crippen molar-refractivity contribution in [2.24, 2.45) is 11.8 Å². The van der Waals surface area contributed by atoms with Gasteiger partial charge in [0.1, 0.15) is 39.8 Å². The van der Waals surface area contributed by atoms with Gasteiger partial charge in [-0.15, -0.1) is 24.8 Å². The monoisotopic (exact) mass is 1100 g/mol. The maximum Gasteiger partial charge on any atom is 0.320 e. The first-order valence-electron chi connectivity index (χ1n) is 23.7. The second kappa shape index (κ2) is 26.3. The summed E-state index contributed by atoms with van der Waals surface area (Å²) in [6.07, 6.45) is 8.45. The quantitative estimate of drug-likeness (QED) is 0.0638. The average Bonchev–Trinajstić information content (AvgIpc) is 3.90. The van der Waals surface area contributed by atoms with Crippen LogP contribution in [0.3, 0.4) is 0 Å². The second-order valence-electron chi connectivity index (χ2n) is 19.0. The highest BCUT2D eigenvalue weighted by molar-refractivity contribution is 6.30. The van der Waals surface area contributed by atoms with E-state index in [0.717, 1.165) is 25.7 Å². The van der Waals surface area contributed by atoms with Crippen molar-refractivity contribution >= 4 is 129 Å². The Morgan fingerprint density at radius 1 is 0.608 bits per heavy atom. The smallest absolute Gasteiger partial charge is 0.320 e. The highest BCUT2D eigenvalue weighted by atomic mass is 35.5. The third kappa shape index (κ3) is 15.6. The number of pyridine rings is 2. The minimum atomic E-state index is -0.867. The van der Waals surface area contributed by atoms with E-state index >= 15 is 0 Å². The summed E-state index contributed by atoms with van der Waals surface area (Å²) in [5.74, 6) is -2.40. The van der Waals surface area contributed by atoms with Crippen molar-refractivity contribution in [2.45, 2.75) is 89.8 Å². The third-order valence-corrected chi connectivity index (χ3v) is 13.0. The highest BCUT2D eigenvalue weighted by Gasteiger charge is 2.33. The van der Waals surface area contributed by atoms with Crippen LogP contribution in [-0.2, 0) is 23.9 Å². The molecule has 0 atom stereocenters. The summed E-state index contributed by atoms with van der Waals surface area (Å²) >= 11 is 11.7. The van der Waals surface area contributed by atoms with Crippen molar-refractivity contribution in [2.75, 3.05) is 48.5 Å². The standard InChI is InChI=1S/C28H33ClN4O5.C24H25ClN4O5.2ClH/c1-28(2,3)38-23(34)16-33(4)19-12-9-17(10-13-19)26(35)32-24-20-7-5-6-8-21(20)37-25(24)27(36)31-22-14-11-18(29)15-30-22;1-29(13-20(30)31)16-9-6-14(7-10-16)23(32)28-21-17-4-2-3-5-18(17)34-22(21)24(33)27-19-11-8-15(25)12-26-19;;/h5-8,11,14-15,17,19H,9-10,12-13,16H2,1-4H3,(H,32,35)(H,30,31,36);2-5,8,11-12,14,16H,6-7,9-10,13H2,1H3,(H,28,32)(H,30,31)(H,26,27,33);2*1H. The van der Waals surface area contributed by atoms with E-state index in [9.17, 15) is 28.8 Å². The third-order valence-electron chi connectivity index (χ3n) is 12.6. The Bertz CT molecular complexity index is 2910. The van der Waals surface area contributed by atoms with Crippen molar-refractivity contribution in [3.05, 3.63) is 107 Å². The summed E-state index contributed by atoms with van der Waals surface area (Å²) in [6.45, 7) is 5.73. The molecule has 4 heterocycles. The number of hydrogen-bond acceptors (Lipinski definition) is 13. The molecule has 0 bridgehead atoms. The zero-order valence-corrected chi connectivity index (χ0v) is 44.6. The number of carboxylic acid groups (broad SMARTS) is 1. The van der Waals surface area contributed by atoms with E-state index in [1.54, 1.807) is 73.8 Å². The molecule has 4 amide bonds. The zero-order valence-electron chi connectivity index (χ0n) is 41.4. The number of likely N-dealkylation sites (N-methyl/N-ethyl adjacent to an activating group) is 2. The number of carboxylic acids is 1. The molecule has 0 unspecified atom stereocenters. The van der Waals surface area contributed by atoms with Crippen molar-refractivity contribution in [3.63, 3.8) is 0 Å². The minimum absolute atomic E-state index is 0. The normalized spacial score (nSPS) is 17.5. The van der Waals surface area contributed by atoms with Gasteiger partial charge < -0.3 is 39.9 Å². The van der Waals surface area contributed by atoms with Gasteiger partial charge >= 0.3 is 11.9 Å². The number of aliphatic carboxylic acids is 1. The van der Waals surface area contributed by atoms with Gasteiger partial charge in [0.15, 0.2) is 0 Å². The summed E-state index contributed by atoms with van der Waals surface area (Å²) in [5, 5.41) is 22.4. The summed E-state index contributed by atoms with van der Waals surface area (Å²) in [5.41, 5.74) is 1.10. The van der Waals surface area contributed by atoms with Crippen LogP contribution in [0.25, 0.3) is 21.9 Å². The van der Waals surface area contributed by atoms with E-state index in [1.807, 2.05) is 43.7 Å². The number of ether oxygens (including phenoxy) is 1. The summed E-state index contributed by atoms with van der Waals surface area (Å²) in [4.78, 5) is 87.6. The van der Waals surface area contributed by atoms with Crippen LogP contribution in [0.2, 0.25) is 10.0 Å². The number of nitrogens with zero attached hydrogens (tertiary/aromatic N) is 4. The lowest BCUT2D eigenvalue weighted by Crippen LogP contribution is -2.41. The summed E-state index contributed by atoms with van der Waals surface area (Å²) < 4.78 is 17.1. The fourth-order valence-corrected chi connectivity index (χ4v) is 9.19. The molecule has 4 aromatic heterocycles. The molecule has 74 heavy (non-hydrogen) atoms. The lowest BCUT2D eigenvalue weighted by Gasteiger charge is -2.34. The molecule has 2 aliphatic rings. The predicted molar refractivity (Wildman–Crippen MR) is 289 cm³/mol. The van der Waals surface area contributed by atoms with E-state index in [1.165, 1.54) is 12.4 Å². The minimum Gasteiger partial charge on any atom is -0.480 e. The molecular formula is C52H60Cl4N8O10. The molecule has 22 heteroatoms. The Kier molecular flexibility index (Phi) is 20.8. The SMILES string of the molecule is CN(CC(=O)O)C1CCC(C(=O)Nc2c(C(=O)Nc3ccc(Cl)cn3)oc3ccccc23)CC1.CN(CC(=O)OC(C)(C)C)C1CCC(C(=O)Nc2c(C(=O)Nc3ccc(Cl)cn3)oc3ccccc23)CC1.Cl.Cl. The van der Waals surface area contributed by atoms with Crippen molar-refractivity contribution < 1.29 is 47.4 Å². The van der Waals surface area contributed by atoms with Crippen LogP contribution in [0, 0.1) is 11.8 Å². The molecule has 0 radical (unpaired) electrons. The van der Waals surface area contributed by atoms with Gasteiger partial charge in [0, 0.05) is 47.1 Å². The number of anilines is 4. The van der Waals surface area contributed by atoms with Crippen molar-refractivity contribution in [1.82, 2.24) is 19.8 Å². The number of rotatable bonds is 14. The molecule has 5 N–H and O–H groups in total. The number of benzene rings is 2. The Morgan fingerprint density at radius 2 is 1.00 bits per heavy atom. The maximum atomic E-state index is 13.3. The van der Waals surface area contributed by atoms with Crippen molar-refractivity contribution in [1.29, 1.82) is 0 Å². The second-order valence-corrected chi connectivity index (χ2v) is 19.9. The molecule has 2 fully saturated rings. The largest absolute Gasteiger partial charge is 0.480 e. The van der Waals surface area contributed by atoms with Crippen LogP contribution in [-0.4, -0.2) is 105 Å². The first kappa shape index (κ1) is 58.6. The summed E-state index contributed by atoms with van der Waals surface area (Å²) in [7, 11) is 3.70. The number of fused-ring (bicyclic) bond motifs is 2. The molecule has 2 saturated carbocycles. The van der Waals surface area contributed by atoms with Crippen LogP contribution >= 0.6 is 48.0 Å². The first-order valence-corrected chi connectivity index (χ1v) is 24.4. The number of carbonyl (C=O) groups excluding carboxylic acids is 5. The number of halogens is 4. The van der Waals surface area contributed by atoms with E-state index < -0.39 is 23.4 Å². The lowest BCUT2D eigenvalue weighted by atomic mass is 9.85. The van der Waals surface area contributed by atoms with Gasteiger partial charge in [-0.3, -0.25) is 38.6 Å². The van der Waals surface area contributed by atoms with Gasteiger partial charge in [0.05, 0.1) is 23.1 Å². The molecule has 2 aromatic carbocycles. The molecule has 6 aromatic rings. The molecular weight excluding hydrogens is 1040 g/mol. The van der Waals surface area contributed by atoms with Crippen LogP contribution < -0.4 is 21.3 Å². The van der Waals surface area contributed by atoms with E-state index in [-0.39, 0.29) is 91.1 Å². The number of nitrogens with one attached hydrogen (secondary N) is 4. The van der Waals surface area contributed by atoms with E-state index in [0.29, 0.717) is 80.7 Å². The van der Waals surface area contributed by atoms with Crippen LogP contribution in [0.5, 0.6) is 0 Å². The van der Waals surface area contributed by atoms with Gasteiger partial charge in [0.2, 0.25) is 23.3 Å². The van der Waals surface area contributed by atoms with Gasteiger partial charge in [-0.25, -0.2) is 9.97 Å². The molecule has 8 rings (SSSR count). The number of para-hydroxylation sites is 2. The fraction of sp³-hybridized carbons (Fsp3) is 0.385. The van der Waals surface area contributed by atoms with Crippen molar-refractivity contribution in [3.8, 4) is 0 Å². The maximum absolute atomic E-state index is 13.3. The van der Waals surface area contributed by atoms with Crippen LogP contribution in [0.15, 0.2) is 94.0 Å². The van der Waals surface area contributed by atoms with Gasteiger partial charge in [-0.05, 0) is 135 Å². The Balaban J connectivity index is 0.000000268. The highest BCUT2D eigenvalue weighted by Crippen LogP contribution is 2.36. The Labute approximate surface area is 450 Å². The average molecular weight is 1100 g/mol. The first-order chi connectivity index (χ1) is 34.3. The number of esters is 1. The van der Waals surface area contributed by atoms with E-state index in [4.69, 9.17) is 41.9 Å². The number of carbonyl (C=O) groups is 6. The molecule has 396 valence electrons. The topological polar surface area (TPSA) is 239 Å². The van der Waals surface area contributed by atoms with Gasteiger partial charge in [-0.2, -0.15) is 0 Å².